The molecule has 4 rings (SSSR count). The van der Waals surface area contributed by atoms with E-state index in [4.69, 9.17) is 4.74 Å². The molecule has 2 N–H and O–H groups in total. The average Bonchev–Trinajstić information content (AvgIpc) is 3.49. The van der Waals surface area contributed by atoms with Crippen molar-refractivity contribution < 1.29 is 14.3 Å². The number of rotatable bonds is 7. The highest BCUT2D eigenvalue weighted by atomic mass is 32.2. The van der Waals surface area contributed by atoms with Crippen molar-refractivity contribution in [2.24, 2.45) is 0 Å². The molecular weight excluding hydrogens is 436 g/mol. The lowest BCUT2D eigenvalue weighted by Gasteiger charge is -2.27. The van der Waals surface area contributed by atoms with Crippen molar-refractivity contribution >= 4 is 23.8 Å². The van der Waals surface area contributed by atoms with Crippen LogP contribution in [0.15, 0.2) is 60.8 Å². The fourth-order valence-electron chi connectivity index (χ4n) is 3.80. The molecule has 8 heteroatoms. The molecule has 1 fully saturated rings. The van der Waals surface area contributed by atoms with Crippen molar-refractivity contribution in [1.82, 2.24) is 20.2 Å². The zero-order valence-corrected chi connectivity index (χ0v) is 19.6. The number of ether oxygens (including phenoxy) is 1. The summed E-state index contributed by atoms with van der Waals surface area (Å²) in [5, 5.41) is 2.48. The Labute approximate surface area is 197 Å². The molecule has 0 bridgehead atoms. The fourth-order valence-corrected chi connectivity index (χ4v) is 5.20. The third kappa shape index (κ3) is 5.57. The molecule has 0 saturated carbocycles. The van der Waals surface area contributed by atoms with Crippen LogP contribution in [0.3, 0.4) is 0 Å². The van der Waals surface area contributed by atoms with Gasteiger partial charge in [-0.15, -0.1) is 11.8 Å². The van der Waals surface area contributed by atoms with E-state index in [0.29, 0.717) is 18.6 Å². The van der Waals surface area contributed by atoms with E-state index < -0.39 is 6.09 Å². The van der Waals surface area contributed by atoms with E-state index in [9.17, 15) is 9.59 Å². The van der Waals surface area contributed by atoms with Gasteiger partial charge in [-0.3, -0.25) is 9.69 Å². The molecule has 2 amide bonds. The minimum absolute atomic E-state index is 0.0451. The molecule has 1 aromatic heterocycles. The van der Waals surface area contributed by atoms with Crippen LogP contribution in [0.2, 0.25) is 0 Å². The number of amides is 2. The largest absolute Gasteiger partial charge is 0.445 e. The highest BCUT2D eigenvalue weighted by Crippen LogP contribution is 2.40. The summed E-state index contributed by atoms with van der Waals surface area (Å²) >= 11 is 1.65. The van der Waals surface area contributed by atoms with E-state index in [-0.39, 0.29) is 23.9 Å². The van der Waals surface area contributed by atoms with Crippen LogP contribution < -0.4 is 5.32 Å². The second-order valence-electron chi connectivity index (χ2n) is 8.01. The molecule has 2 atom stereocenters. The van der Waals surface area contributed by atoms with Crippen molar-refractivity contribution in [3.8, 4) is 11.3 Å². The number of carbonyl (C=O) groups is 2. The van der Waals surface area contributed by atoms with Gasteiger partial charge in [-0.2, -0.15) is 0 Å². The molecule has 7 nitrogen and oxygen atoms in total. The second-order valence-corrected chi connectivity index (χ2v) is 9.22. The number of imidazole rings is 1. The molecule has 2 heterocycles. The van der Waals surface area contributed by atoms with Gasteiger partial charge in [0.2, 0.25) is 5.91 Å². The maximum Gasteiger partial charge on any atom is 0.411 e. The van der Waals surface area contributed by atoms with Gasteiger partial charge < -0.3 is 15.0 Å². The van der Waals surface area contributed by atoms with Gasteiger partial charge in [0.25, 0.3) is 0 Å². The highest BCUT2D eigenvalue weighted by Gasteiger charge is 2.41. The van der Waals surface area contributed by atoms with E-state index in [1.54, 1.807) is 29.9 Å². The Kier molecular flexibility index (Phi) is 7.34. The summed E-state index contributed by atoms with van der Waals surface area (Å²) in [5.41, 5.74) is 4.06. The number of benzene rings is 2. The molecule has 1 aliphatic rings. The number of aromatic amines is 1. The van der Waals surface area contributed by atoms with E-state index in [1.807, 2.05) is 42.5 Å². The van der Waals surface area contributed by atoms with Gasteiger partial charge in [0.15, 0.2) is 0 Å². The third-order valence-electron chi connectivity index (χ3n) is 5.68. The molecule has 33 heavy (non-hydrogen) atoms. The number of H-pyrrole nitrogens is 1. The zero-order chi connectivity index (χ0) is 23.2. The van der Waals surface area contributed by atoms with E-state index in [1.165, 1.54) is 5.56 Å². The lowest BCUT2D eigenvalue weighted by Crippen LogP contribution is -2.38. The van der Waals surface area contributed by atoms with Crippen LogP contribution >= 0.6 is 11.8 Å². The number of aryl methyl sites for hydroxylation is 1. The quantitative estimate of drug-likeness (QED) is 0.531. The third-order valence-corrected chi connectivity index (χ3v) is 7.04. The Morgan fingerprint density at radius 3 is 2.67 bits per heavy atom. The normalized spacial score (nSPS) is 17.7. The number of nitrogens with one attached hydrogen (secondary N) is 2. The lowest BCUT2D eigenvalue weighted by molar-refractivity contribution is -0.120. The standard InChI is InChI=1S/C25H28N4O3S/c1-17-8-10-19(11-9-17)20-14-27-24(28-20)21-16-33-23(13-12-22(30)26-2)29(21)25(31)32-15-18-6-4-3-5-7-18/h3-11,14,21,23H,12-13,15-16H2,1-2H3,(H,26,30)(H,27,28)/t21-,23?/m0/s1. The van der Waals surface area contributed by atoms with Crippen LogP contribution in [-0.2, 0) is 16.1 Å². The Morgan fingerprint density at radius 2 is 1.94 bits per heavy atom. The minimum atomic E-state index is -0.399. The van der Waals surface area contributed by atoms with Crippen LogP contribution in [0, 0.1) is 6.92 Å². The summed E-state index contributed by atoms with van der Waals surface area (Å²) in [6.45, 7) is 2.25. The summed E-state index contributed by atoms with van der Waals surface area (Å²) in [6.07, 6.45) is 2.29. The smallest absolute Gasteiger partial charge is 0.411 e. The molecule has 2 aromatic carbocycles. The van der Waals surface area contributed by atoms with Crippen LogP contribution in [0.25, 0.3) is 11.3 Å². The van der Waals surface area contributed by atoms with Gasteiger partial charge in [0.1, 0.15) is 18.5 Å². The van der Waals surface area contributed by atoms with Crippen molar-refractivity contribution in [2.75, 3.05) is 12.8 Å². The molecular formula is C25H28N4O3S. The first-order chi connectivity index (χ1) is 16.0. The summed E-state index contributed by atoms with van der Waals surface area (Å²) in [6, 6.07) is 17.6. The monoisotopic (exact) mass is 464 g/mol. The van der Waals surface area contributed by atoms with Crippen LogP contribution in [0.1, 0.15) is 35.8 Å². The summed E-state index contributed by atoms with van der Waals surface area (Å²) in [7, 11) is 1.62. The summed E-state index contributed by atoms with van der Waals surface area (Å²) in [5.74, 6) is 1.35. The summed E-state index contributed by atoms with van der Waals surface area (Å²) < 4.78 is 5.66. The minimum Gasteiger partial charge on any atom is -0.445 e. The van der Waals surface area contributed by atoms with E-state index in [0.717, 1.165) is 22.6 Å². The maximum atomic E-state index is 13.2. The SMILES string of the molecule is CNC(=O)CCC1SC[C@@H](c2ncc(-c3ccc(C)cc3)[nH]2)N1C(=O)OCc1ccccc1. The fraction of sp³-hybridized carbons (Fsp3) is 0.320. The zero-order valence-electron chi connectivity index (χ0n) is 18.8. The van der Waals surface area contributed by atoms with Crippen LogP contribution in [0.4, 0.5) is 4.79 Å². The maximum absolute atomic E-state index is 13.2. The summed E-state index contributed by atoms with van der Waals surface area (Å²) in [4.78, 5) is 34.7. The molecule has 0 spiro atoms. The Morgan fingerprint density at radius 1 is 1.18 bits per heavy atom. The van der Waals surface area contributed by atoms with Crippen molar-refractivity contribution in [3.63, 3.8) is 0 Å². The molecule has 3 aromatic rings. The van der Waals surface area contributed by atoms with Gasteiger partial charge in [-0.25, -0.2) is 9.78 Å². The lowest BCUT2D eigenvalue weighted by atomic mass is 10.1. The van der Waals surface area contributed by atoms with Crippen molar-refractivity contribution in [1.29, 1.82) is 0 Å². The first-order valence-electron chi connectivity index (χ1n) is 11.0. The Hall–Kier alpha value is -3.26. The van der Waals surface area contributed by atoms with Gasteiger partial charge in [-0.1, -0.05) is 60.2 Å². The van der Waals surface area contributed by atoms with Crippen LogP contribution in [0.5, 0.6) is 0 Å². The highest BCUT2D eigenvalue weighted by molar-refractivity contribution is 8.00. The van der Waals surface area contributed by atoms with Gasteiger partial charge >= 0.3 is 6.09 Å². The number of hydrogen-bond donors (Lipinski definition) is 2. The Balaban J connectivity index is 1.53. The van der Waals surface area contributed by atoms with Gasteiger partial charge in [0.05, 0.1) is 17.3 Å². The molecule has 1 unspecified atom stereocenters. The predicted octanol–water partition coefficient (Wildman–Crippen LogP) is 4.66. The van der Waals surface area contributed by atoms with Crippen molar-refractivity contribution in [2.45, 2.75) is 37.8 Å². The molecule has 0 aliphatic carbocycles. The average molecular weight is 465 g/mol. The van der Waals surface area contributed by atoms with Crippen molar-refractivity contribution in [3.05, 3.63) is 77.7 Å². The molecule has 0 radical (unpaired) electrons. The molecule has 172 valence electrons. The molecule has 1 saturated heterocycles. The molecule has 1 aliphatic heterocycles. The number of thioether (sulfide) groups is 1. The first kappa shape index (κ1) is 22.9. The van der Waals surface area contributed by atoms with Gasteiger partial charge in [-0.05, 0) is 24.5 Å². The van der Waals surface area contributed by atoms with Crippen LogP contribution in [-0.4, -0.2) is 45.0 Å². The second kappa shape index (κ2) is 10.6. The number of hydrogen-bond acceptors (Lipinski definition) is 5. The number of nitrogens with zero attached hydrogens (tertiary/aromatic N) is 2. The van der Waals surface area contributed by atoms with Gasteiger partial charge in [0, 0.05) is 19.2 Å². The van der Waals surface area contributed by atoms with E-state index in [2.05, 4.69) is 34.3 Å². The number of carbonyl (C=O) groups excluding carboxylic acids is 2. The Bertz CT molecular complexity index is 1080. The first-order valence-corrected chi connectivity index (χ1v) is 12.0. The topological polar surface area (TPSA) is 87.3 Å². The predicted molar refractivity (Wildman–Crippen MR) is 130 cm³/mol. The number of aromatic nitrogens is 2. The van der Waals surface area contributed by atoms with E-state index >= 15 is 0 Å².